The van der Waals surface area contributed by atoms with Gasteiger partial charge in [0.1, 0.15) is 0 Å². The molecule has 2 aromatic carbocycles. The SMILES string of the molecule is CC(C)C(CN(C)C)Nc1ccc2ccccc2c1. The molecule has 19 heavy (non-hydrogen) atoms. The van der Waals surface area contributed by atoms with Gasteiger partial charge in [0.15, 0.2) is 0 Å². The van der Waals surface area contributed by atoms with Gasteiger partial charge in [-0.15, -0.1) is 0 Å². The number of benzene rings is 2. The maximum absolute atomic E-state index is 3.66. The summed E-state index contributed by atoms with van der Waals surface area (Å²) in [5.74, 6) is 0.605. The Kier molecular flexibility index (Phi) is 4.43. The second-order valence-corrected chi connectivity index (χ2v) is 5.82. The summed E-state index contributed by atoms with van der Waals surface area (Å²) in [6.45, 7) is 5.58. The van der Waals surface area contributed by atoms with Crippen molar-refractivity contribution in [3.63, 3.8) is 0 Å². The quantitative estimate of drug-likeness (QED) is 0.874. The van der Waals surface area contributed by atoms with Crippen LogP contribution in [0.3, 0.4) is 0 Å². The lowest BCUT2D eigenvalue weighted by molar-refractivity contribution is 0.344. The Balaban J connectivity index is 2.18. The number of hydrogen-bond acceptors (Lipinski definition) is 2. The van der Waals surface area contributed by atoms with Gasteiger partial charge >= 0.3 is 0 Å². The van der Waals surface area contributed by atoms with E-state index in [1.54, 1.807) is 0 Å². The number of nitrogens with zero attached hydrogens (tertiary/aromatic N) is 1. The van der Waals surface area contributed by atoms with E-state index in [0.717, 1.165) is 6.54 Å². The molecule has 2 heteroatoms. The molecule has 1 N–H and O–H groups in total. The maximum Gasteiger partial charge on any atom is 0.0411 e. The first-order chi connectivity index (χ1) is 9.06. The first-order valence-electron chi connectivity index (χ1n) is 6.96. The summed E-state index contributed by atoms with van der Waals surface area (Å²) >= 11 is 0. The lowest BCUT2D eigenvalue weighted by Gasteiger charge is -2.26. The van der Waals surface area contributed by atoms with Crippen LogP contribution in [0.15, 0.2) is 42.5 Å². The molecule has 0 saturated heterocycles. The largest absolute Gasteiger partial charge is 0.381 e. The van der Waals surface area contributed by atoms with E-state index in [1.165, 1.54) is 16.5 Å². The third-order valence-corrected chi connectivity index (χ3v) is 3.47. The van der Waals surface area contributed by atoms with Crippen molar-refractivity contribution >= 4 is 16.5 Å². The van der Waals surface area contributed by atoms with Crippen LogP contribution in [-0.4, -0.2) is 31.6 Å². The zero-order valence-electron chi connectivity index (χ0n) is 12.4. The maximum atomic E-state index is 3.66. The van der Waals surface area contributed by atoms with E-state index in [1.807, 2.05) is 0 Å². The van der Waals surface area contributed by atoms with Crippen LogP contribution in [0.2, 0.25) is 0 Å². The second-order valence-electron chi connectivity index (χ2n) is 5.82. The fourth-order valence-electron chi connectivity index (χ4n) is 2.31. The minimum absolute atomic E-state index is 0.469. The van der Waals surface area contributed by atoms with Crippen LogP contribution in [0, 0.1) is 5.92 Å². The Morgan fingerprint density at radius 1 is 1.00 bits per heavy atom. The molecule has 0 spiro atoms. The molecule has 0 saturated carbocycles. The topological polar surface area (TPSA) is 15.3 Å². The second kappa shape index (κ2) is 6.07. The highest BCUT2D eigenvalue weighted by Gasteiger charge is 2.14. The molecule has 102 valence electrons. The standard InChI is InChI=1S/C17H24N2/c1-13(2)17(12-19(3)4)18-16-10-9-14-7-5-6-8-15(14)11-16/h5-11,13,17-18H,12H2,1-4H3. The molecule has 0 heterocycles. The van der Waals surface area contributed by atoms with Crippen molar-refractivity contribution in [1.29, 1.82) is 0 Å². The van der Waals surface area contributed by atoms with Gasteiger partial charge < -0.3 is 10.2 Å². The third-order valence-electron chi connectivity index (χ3n) is 3.47. The first-order valence-corrected chi connectivity index (χ1v) is 6.96. The predicted octanol–water partition coefficient (Wildman–Crippen LogP) is 3.84. The van der Waals surface area contributed by atoms with Gasteiger partial charge in [-0.1, -0.05) is 44.2 Å². The number of nitrogens with one attached hydrogen (secondary N) is 1. The van der Waals surface area contributed by atoms with Crippen molar-refractivity contribution in [1.82, 2.24) is 4.90 Å². The summed E-state index contributed by atoms with van der Waals surface area (Å²) in [5, 5.41) is 6.25. The van der Waals surface area contributed by atoms with Gasteiger partial charge in [0.05, 0.1) is 0 Å². The van der Waals surface area contributed by atoms with Crippen LogP contribution in [0.1, 0.15) is 13.8 Å². The van der Waals surface area contributed by atoms with E-state index in [0.29, 0.717) is 12.0 Å². The van der Waals surface area contributed by atoms with Crippen LogP contribution >= 0.6 is 0 Å². The minimum atomic E-state index is 0.469. The number of fused-ring (bicyclic) bond motifs is 1. The van der Waals surface area contributed by atoms with Crippen molar-refractivity contribution in [3.8, 4) is 0 Å². The fourth-order valence-corrected chi connectivity index (χ4v) is 2.31. The Morgan fingerprint density at radius 3 is 2.32 bits per heavy atom. The summed E-state index contributed by atoms with van der Waals surface area (Å²) in [4.78, 5) is 2.23. The van der Waals surface area contributed by atoms with Crippen LogP contribution in [-0.2, 0) is 0 Å². The molecular formula is C17H24N2. The molecule has 0 aliphatic heterocycles. The van der Waals surface area contributed by atoms with Gasteiger partial charge in [0.2, 0.25) is 0 Å². The molecule has 1 unspecified atom stereocenters. The normalized spacial score (nSPS) is 13.2. The van der Waals surface area contributed by atoms with Crippen molar-refractivity contribution < 1.29 is 0 Å². The Hall–Kier alpha value is -1.54. The summed E-state index contributed by atoms with van der Waals surface area (Å²) in [6.07, 6.45) is 0. The molecule has 0 aliphatic carbocycles. The van der Waals surface area contributed by atoms with E-state index in [9.17, 15) is 0 Å². The van der Waals surface area contributed by atoms with Crippen molar-refractivity contribution in [3.05, 3.63) is 42.5 Å². The lowest BCUT2D eigenvalue weighted by atomic mass is 10.0. The first kappa shape index (κ1) is 13.9. The number of likely N-dealkylation sites (N-methyl/N-ethyl adjacent to an activating group) is 1. The van der Waals surface area contributed by atoms with E-state index < -0.39 is 0 Å². The molecular weight excluding hydrogens is 232 g/mol. The van der Waals surface area contributed by atoms with E-state index >= 15 is 0 Å². The smallest absolute Gasteiger partial charge is 0.0411 e. The molecule has 0 amide bonds. The molecule has 0 fully saturated rings. The van der Waals surface area contributed by atoms with Gasteiger partial charge in [-0.3, -0.25) is 0 Å². The third kappa shape index (κ3) is 3.71. The molecule has 2 rings (SSSR count). The van der Waals surface area contributed by atoms with E-state index in [2.05, 4.69) is 80.6 Å². The average Bonchev–Trinajstić information content (AvgIpc) is 2.37. The predicted molar refractivity (Wildman–Crippen MR) is 84.8 cm³/mol. The van der Waals surface area contributed by atoms with Crippen LogP contribution in [0.25, 0.3) is 10.8 Å². The Bertz CT molecular complexity index is 532. The summed E-state index contributed by atoms with van der Waals surface area (Å²) < 4.78 is 0. The summed E-state index contributed by atoms with van der Waals surface area (Å²) in [6, 6.07) is 15.6. The van der Waals surface area contributed by atoms with Crippen molar-refractivity contribution in [2.24, 2.45) is 5.92 Å². The Labute approximate surface area is 116 Å². The molecule has 0 aromatic heterocycles. The van der Waals surface area contributed by atoms with E-state index in [4.69, 9.17) is 0 Å². The lowest BCUT2D eigenvalue weighted by Crippen LogP contribution is -2.36. The van der Waals surface area contributed by atoms with Crippen LogP contribution < -0.4 is 5.32 Å². The van der Waals surface area contributed by atoms with E-state index in [-0.39, 0.29) is 0 Å². The van der Waals surface area contributed by atoms with Gasteiger partial charge in [-0.2, -0.15) is 0 Å². The Morgan fingerprint density at radius 2 is 1.68 bits per heavy atom. The van der Waals surface area contributed by atoms with Gasteiger partial charge in [0, 0.05) is 18.3 Å². The molecule has 0 radical (unpaired) electrons. The summed E-state index contributed by atoms with van der Waals surface area (Å²) in [5.41, 5.74) is 1.21. The highest BCUT2D eigenvalue weighted by atomic mass is 15.1. The molecule has 1 atom stereocenters. The zero-order chi connectivity index (χ0) is 13.8. The highest BCUT2D eigenvalue weighted by molar-refractivity contribution is 5.85. The van der Waals surface area contributed by atoms with Crippen LogP contribution in [0.5, 0.6) is 0 Å². The molecule has 0 aliphatic rings. The highest BCUT2D eigenvalue weighted by Crippen LogP contribution is 2.20. The van der Waals surface area contributed by atoms with Crippen molar-refractivity contribution in [2.75, 3.05) is 26.0 Å². The van der Waals surface area contributed by atoms with Crippen LogP contribution in [0.4, 0.5) is 5.69 Å². The molecule has 2 nitrogen and oxygen atoms in total. The minimum Gasteiger partial charge on any atom is -0.381 e. The number of anilines is 1. The molecule has 2 aromatic rings. The fraction of sp³-hybridized carbons (Fsp3) is 0.412. The summed E-state index contributed by atoms with van der Waals surface area (Å²) in [7, 11) is 4.24. The van der Waals surface area contributed by atoms with Gasteiger partial charge in [-0.05, 0) is 42.9 Å². The number of hydrogen-bond donors (Lipinski definition) is 1. The average molecular weight is 256 g/mol. The molecule has 0 bridgehead atoms. The van der Waals surface area contributed by atoms with Gasteiger partial charge in [-0.25, -0.2) is 0 Å². The number of rotatable bonds is 5. The van der Waals surface area contributed by atoms with Crippen molar-refractivity contribution in [2.45, 2.75) is 19.9 Å². The monoisotopic (exact) mass is 256 g/mol. The van der Waals surface area contributed by atoms with Gasteiger partial charge in [0.25, 0.3) is 0 Å². The zero-order valence-corrected chi connectivity index (χ0v) is 12.4.